The van der Waals surface area contributed by atoms with Crippen LogP contribution in [0.1, 0.15) is 80.5 Å². The highest BCUT2D eigenvalue weighted by molar-refractivity contribution is 5.97. The van der Waals surface area contributed by atoms with E-state index in [0.717, 1.165) is 64.4 Å². The molecule has 0 saturated heterocycles. The monoisotopic (exact) mass is 889 g/mol. The van der Waals surface area contributed by atoms with Gasteiger partial charge in [0, 0.05) is 70.0 Å². The Labute approximate surface area is 362 Å². The quantitative estimate of drug-likeness (QED) is 0.0640. The molecule has 3 N–H and O–H groups in total. The van der Waals surface area contributed by atoms with Gasteiger partial charge >= 0.3 is 5.97 Å². The SMILES string of the molecule is COC(=O)CCCNC(=O)C(CCCN(CCCNC(=O)c1cccc(=O)n1[O-])C(=O)c1cccc(=O)n1[O-])N(CCCNC(=O)c1cccc(=O)n1[O-])C(=O)c1cccc(=O)n1[O-]. The van der Waals surface area contributed by atoms with Crippen LogP contribution in [0.5, 0.6) is 0 Å². The van der Waals surface area contributed by atoms with Gasteiger partial charge in [-0.15, -0.1) is 0 Å². The van der Waals surface area contributed by atoms with Crippen molar-refractivity contribution >= 4 is 35.5 Å². The number of methoxy groups -OCH3 is 1. The number of esters is 1. The Morgan fingerprint density at radius 1 is 0.547 bits per heavy atom. The number of pyridine rings is 4. The fraction of sp³-hybridized carbons (Fsp3) is 0.350. The molecule has 64 heavy (non-hydrogen) atoms. The van der Waals surface area contributed by atoms with Gasteiger partial charge in [0.15, 0.2) is 0 Å². The number of aromatic nitrogens is 4. The summed E-state index contributed by atoms with van der Waals surface area (Å²) in [5.41, 5.74) is -6.31. The lowest BCUT2D eigenvalue weighted by Crippen LogP contribution is -2.51. The van der Waals surface area contributed by atoms with Crippen molar-refractivity contribution < 1.29 is 33.5 Å². The highest BCUT2D eigenvalue weighted by Crippen LogP contribution is 2.16. The van der Waals surface area contributed by atoms with Crippen LogP contribution in [-0.2, 0) is 14.3 Å². The molecular weight excluding hydrogens is 846 g/mol. The normalized spacial score (nSPS) is 11.2. The van der Waals surface area contributed by atoms with Crippen molar-refractivity contribution in [1.29, 1.82) is 0 Å². The predicted molar refractivity (Wildman–Crippen MR) is 226 cm³/mol. The maximum absolute atomic E-state index is 14.1. The lowest BCUT2D eigenvalue weighted by atomic mass is 10.1. The maximum Gasteiger partial charge on any atom is 0.305 e. The molecule has 1 atom stereocenters. The van der Waals surface area contributed by atoms with Gasteiger partial charge < -0.3 is 70.2 Å². The smallest absolute Gasteiger partial charge is 0.305 e. The lowest BCUT2D eigenvalue weighted by Gasteiger charge is -2.33. The summed E-state index contributed by atoms with van der Waals surface area (Å²) >= 11 is 0. The van der Waals surface area contributed by atoms with Gasteiger partial charge in [-0.25, -0.2) is 0 Å². The van der Waals surface area contributed by atoms with Crippen LogP contribution < -0.4 is 38.2 Å². The molecule has 4 rings (SSSR count). The van der Waals surface area contributed by atoms with E-state index in [4.69, 9.17) is 0 Å². The molecule has 0 aliphatic rings. The molecule has 0 bridgehead atoms. The summed E-state index contributed by atoms with van der Waals surface area (Å²) in [6, 6.07) is 11.4. The number of carbonyl (C=O) groups is 6. The molecule has 0 fully saturated rings. The van der Waals surface area contributed by atoms with Gasteiger partial charge in [-0.1, -0.05) is 24.3 Å². The minimum absolute atomic E-state index is 0.00422. The zero-order chi connectivity index (χ0) is 46.9. The second-order valence-corrected chi connectivity index (χ2v) is 13.8. The number of nitrogens with zero attached hydrogens (tertiary/aromatic N) is 6. The average molecular weight is 890 g/mol. The molecule has 0 aromatic carbocycles. The van der Waals surface area contributed by atoms with Gasteiger partial charge in [0.25, 0.3) is 23.6 Å². The fourth-order valence-corrected chi connectivity index (χ4v) is 6.25. The Kier molecular flexibility index (Phi) is 17.5. The van der Waals surface area contributed by atoms with Crippen LogP contribution in [0.15, 0.2) is 92.0 Å². The van der Waals surface area contributed by atoms with E-state index in [1.165, 1.54) is 25.3 Å². The third kappa shape index (κ3) is 12.7. The van der Waals surface area contributed by atoms with E-state index in [-0.39, 0.29) is 96.7 Å². The number of amides is 5. The van der Waals surface area contributed by atoms with Gasteiger partial charge in [-0.05, 0) is 56.4 Å². The first kappa shape index (κ1) is 48.5. The summed E-state index contributed by atoms with van der Waals surface area (Å²) in [5.74, 6) is -5.20. The Hall–Kier alpha value is -8.18. The zero-order valence-corrected chi connectivity index (χ0v) is 34.3. The minimum Gasteiger partial charge on any atom is -0.803 e. The van der Waals surface area contributed by atoms with Crippen LogP contribution in [0.3, 0.4) is 0 Å². The average Bonchev–Trinajstić information content (AvgIpc) is 3.27. The Balaban J connectivity index is 1.60. The number of ether oxygens (including phenoxy) is 1. The number of hydrogen-bond acceptors (Lipinski definition) is 15. The van der Waals surface area contributed by atoms with Crippen molar-refractivity contribution in [2.24, 2.45) is 0 Å². The van der Waals surface area contributed by atoms with Crippen LogP contribution in [-0.4, -0.2) is 117 Å². The third-order valence-electron chi connectivity index (χ3n) is 9.52. The molecule has 0 aliphatic carbocycles. The second kappa shape index (κ2) is 23.2. The molecule has 342 valence electrons. The summed E-state index contributed by atoms with van der Waals surface area (Å²) in [6.45, 7) is -1.27. The van der Waals surface area contributed by atoms with Crippen LogP contribution in [0.2, 0.25) is 0 Å². The number of nitrogens with one attached hydrogen (secondary N) is 3. The Morgan fingerprint density at radius 2 is 0.953 bits per heavy atom. The van der Waals surface area contributed by atoms with Crippen LogP contribution in [0.4, 0.5) is 0 Å². The molecule has 4 aromatic heterocycles. The van der Waals surface area contributed by atoms with Crippen LogP contribution >= 0.6 is 0 Å². The van der Waals surface area contributed by atoms with Crippen molar-refractivity contribution in [2.75, 3.05) is 46.4 Å². The number of carbonyl (C=O) groups excluding carboxylic acids is 6. The maximum atomic E-state index is 14.1. The van der Waals surface area contributed by atoms with Crippen molar-refractivity contribution in [2.45, 2.75) is 44.6 Å². The summed E-state index contributed by atoms with van der Waals surface area (Å²) in [7, 11) is 1.18. The van der Waals surface area contributed by atoms with Gasteiger partial charge in [0.1, 0.15) is 28.8 Å². The number of rotatable bonds is 22. The van der Waals surface area contributed by atoms with E-state index in [9.17, 15) is 68.8 Å². The summed E-state index contributed by atoms with van der Waals surface area (Å²) in [4.78, 5) is 129. The minimum atomic E-state index is -1.47. The highest BCUT2D eigenvalue weighted by atomic mass is 16.5. The highest BCUT2D eigenvalue weighted by Gasteiger charge is 2.31. The molecule has 0 aliphatic heterocycles. The lowest BCUT2D eigenvalue weighted by molar-refractivity contribution is -0.140. The van der Waals surface area contributed by atoms with E-state index in [0.29, 0.717) is 0 Å². The van der Waals surface area contributed by atoms with E-state index in [1.54, 1.807) is 0 Å². The fourth-order valence-electron chi connectivity index (χ4n) is 6.25. The molecule has 1 unspecified atom stereocenters. The first-order valence-electron chi connectivity index (χ1n) is 19.7. The molecule has 4 aromatic rings. The predicted octanol–water partition coefficient (Wildman–Crippen LogP) is -0.840. The zero-order valence-electron chi connectivity index (χ0n) is 34.3. The molecule has 0 radical (unpaired) electrons. The van der Waals surface area contributed by atoms with Crippen molar-refractivity contribution in [3.8, 4) is 0 Å². The molecule has 24 nitrogen and oxygen atoms in total. The van der Waals surface area contributed by atoms with Gasteiger partial charge in [0.2, 0.25) is 28.1 Å². The van der Waals surface area contributed by atoms with Crippen LogP contribution in [0, 0.1) is 20.8 Å². The Bertz CT molecular complexity index is 2580. The summed E-state index contributed by atoms with van der Waals surface area (Å²) in [6.07, 6.45) is -0.472. The van der Waals surface area contributed by atoms with Gasteiger partial charge in [-0.3, -0.25) is 47.9 Å². The van der Waals surface area contributed by atoms with E-state index >= 15 is 0 Å². The van der Waals surface area contributed by atoms with Crippen molar-refractivity contribution in [3.63, 3.8) is 0 Å². The standard InChI is InChI=1S/C40H43N9O15/c1-64-35(54)19-6-20-41-36(55)26(45(40(59)30-13-5-18-34(53)49(30)63)25-9-22-43-38(57)28-11-3-16-32(51)47(28)61)14-7-23-44(39(58)29-12-4-17-33(52)48(29)62)24-8-21-42-37(56)27-10-2-15-31(50)46(27)60/h2-5,10-13,15-18,26H,6-9,14,19-25H2,1H3,(H,41,55)(H,42,56)(H,43,57)/q-4. The van der Waals surface area contributed by atoms with Gasteiger partial charge in [0.05, 0.1) is 7.11 Å². The van der Waals surface area contributed by atoms with E-state index in [1.807, 2.05) is 0 Å². The summed E-state index contributed by atoms with van der Waals surface area (Å²) < 4.78 is 4.10. The summed E-state index contributed by atoms with van der Waals surface area (Å²) in [5, 5.41) is 57.2. The Morgan fingerprint density at radius 3 is 1.44 bits per heavy atom. The molecule has 0 spiro atoms. The second-order valence-electron chi connectivity index (χ2n) is 13.8. The first-order chi connectivity index (χ1) is 30.6. The number of hydrogen-bond donors (Lipinski definition) is 3. The van der Waals surface area contributed by atoms with Gasteiger partial charge in [-0.2, -0.15) is 0 Å². The largest absolute Gasteiger partial charge is 0.803 e. The van der Waals surface area contributed by atoms with Crippen LogP contribution in [0.25, 0.3) is 0 Å². The molecule has 24 heteroatoms. The van der Waals surface area contributed by atoms with Crippen molar-refractivity contribution in [3.05, 3.63) is 158 Å². The molecule has 0 saturated carbocycles. The molecule has 4 heterocycles. The third-order valence-corrected chi connectivity index (χ3v) is 9.52. The van der Waals surface area contributed by atoms with E-state index in [2.05, 4.69) is 20.7 Å². The molecule has 5 amide bonds. The first-order valence-corrected chi connectivity index (χ1v) is 19.7. The van der Waals surface area contributed by atoms with E-state index < -0.39 is 86.6 Å². The topological polar surface area (TPSA) is 334 Å². The van der Waals surface area contributed by atoms with Crippen molar-refractivity contribution in [1.82, 2.24) is 44.7 Å². The molecular formula is C40H43N9O15-4.